The highest BCUT2D eigenvalue weighted by atomic mass is 16.4. The summed E-state index contributed by atoms with van der Waals surface area (Å²) in [6.07, 6.45) is 2.84. The second-order valence-corrected chi connectivity index (χ2v) is 9.58. The topological polar surface area (TPSA) is 188 Å². The highest BCUT2D eigenvalue weighted by molar-refractivity contribution is 5.94. The van der Waals surface area contributed by atoms with Crippen LogP contribution in [0.5, 0.6) is 5.75 Å². The van der Waals surface area contributed by atoms with Crippen molar-refractivity contribution in [2.75, 3.05) is 13.1 Å². The van der Waals surface area contributed by atoms with Crippen molar-refractivity contribution in [1.82, 2.24) is 15.5 Å². The van der Waals surface area contributed by atoms with Gasteiger partial charge in [0.15, 0.2) is 0 Å². The van der Waals surface area contributed by atoms with Gasteiger partial charge >= 0.3 is 5.97 Å². The van der Waals surface area contributed by atoms with E-state index in [9.17, 15) is 29.4 Å². The van der Waals surface area contributed by atoms with Gasteiger partial charge in [-0.2, -0.15) is 0 Å². The quantitative estimate of drug-likeness (QED) is 0.203. The highest BCUT2D eigenvalue weighted by Crippen LogP contribution is 2.20. The van der Waals surface area contributed by atoms with Crippen molar-refractivity contribution >= 4 is 23.7 Å². The normalized spacial score (nSPS) is 17.9. The maximum absolute atomic E-state index is 13.4. The Labute approximate surface area is 211 Å². The number of phenolic OH excluding ortho intramolecular Hbond substituents is 1. The lowest BCUT2D eigenvalue weighted by Gasteiger charge is -2.30. The third-order valence-corrected chi connectivity index (χ3v) is 6.36. The summed E-state index contributed by atoms with van der Waals surface area (Å²) >= 11 is 0. The molecule has 0 aromatic heterocycles. The lowest BCUT2D eigenvalue weighted by Crippen LogP contribution is -2.58. The van der Waals surface area contributed by atoms with Gasteiger partial charge < -0.3 is 37.2 Å². The summed E-state index contributed by atoms with van der Waals surface area (Å²) in [5.41, 5.74) is 12.1. The van der Waals surface area contributed by atoms with Crippen LogP contribution in [-0.4, -0.2) is 76.1 Å². The van der Waals surface area contributed by atoms with Gasteiger partial charge in [0, 0.05) is 13.0 Å². The number of amides is 3. The van der Waals surface area contributed by atoms with Crippen LogP contribution in [-0.2, 0) is 25.6 Å². The van der Waals surface area contributed by atoms with E-state index in [-0.39, 0.29) is 24.6 Å². The number of benzene rings is 1. The van der Waals surface area contributed by atoms with Crippen LogP contribution >= 0.6 is 0 Å². The average molecular weight is 506 g/mol. The monoisotopic (exact) mass is 505 g/mol. The van der Waals surface area contributed by atoms with E-state index in [0.717, 1.165) is 6.42 Å². The minimum absolute atomic E-state index is 0.0570. The number of carbonyl (C=O) groups excluding carboxylic acids is 3. The summed E-state index contributed by atoms with van der Waals surface area (Å²) in [6.45, 7) is 4.31. The molecule has 0 bridgehead atoms. The number of hydrogen-bond donors (Lipinski definition) is 6. The van der Waals surface area contributed by atoms with Crippen LogP contribution in [0.15, 0.2) is 24.3 Å². The number of nitrogens with one attached hydrogen (secondary N) is 2. The molecule has 1 heterocycles. The first kappa shape index (κ1) is 29.1. The summed E-state index contributed by atoms with van der Waals surface area (Å²) in [4.78, 5) is 52.3. The average Bonchev–Trinajstić information content (AvgIpc) is 3.33. The van der Waals surface area contributed by atoms with Crippen molar-refractivity contribution in [3.05, 3.63) is 29.8 Å². The summed E-state index contributed by atoms with van der Waals surface area (Å²) in [6, 6.07) is 2.45. The number of hydrogen-bond acceptors (Lipinski definition) is 7. The summed E-state index contributed by atoms with van der Waals surface area (Å²) in [5.74, 6) is -2.86. The molecular weight excluding hydrogens is 466 g/mol. The fourth-order valence-electron chi connectivity index (χ4n) is 4.25. The molecule has 8 N–H and O–H groups in total. The number of nitrogens with two attached hydrogens (primary N) is 2. The number of carbonyl (C=O) groups is 4. The smallest absolute Gasteiger partial charge is 0.326 e. The molecule has 1 aromatic carbocycles. The minimum Gasteiger partial charge on any atom is -0.508 e. The Morgan fingerprint density at radius 2 is 1.75 bits per heavy atom. The second-order valence-electron chi connectivity index (χ2n) is 9.58. The zero-order chi connectivity index (χ0) is 26.8. The maximum atomic E-state index is 13.4. The Balaban J connectivity index is 2.20. The standard InChI is InChI=1S/C25H39N5O6/c1-15(2)21(29-22(32)18(27)6-3-4-12-26)23(33)28-19(14-16-8-10-17(31)11-9-16)24(34)30-13-5-7-20(30)25(35)36/h8-11,15,18-21,31H,3-7,12-14,26-27H2,1-2H3,(H,28,33)(H,29,32)(H,35,36). The first-order chi connectivity index (χ1) is 17.0. The first-order valence-electron chi connectivity index (χ1n) is 12.4. The van der Waals surface area contributed by atoms with Crippen LogP contribution in [0.2, 0.25) is 0 Å². The van der Waals surface area contributed by atoms with Crippen molar-refractivity contribution in [2.24, 2.45) is 17.4 Å². The van der Waals surface area contributed by atoms with Crippen LogP contribution in [0, 0.1) is 5.92 Å². The predicted octanol–water partition coefficient (Wildman–Crippen LogP) is 0.0922. The van der Waals surface area contributed by atoms with Gasteiger partial charge in [0.25, 0.3) is 0 Å². The van der Waals surface area contributed by atoms with Crippen LogP contribution in [0.1, 0.15) is 51.5 Å². The van der Waals surface area contributed by atoms with Crippen molar-refractivity contribution < 1.29 is 29.4 Å². The van der Waals surface area contributed by atoms with Gasteiger partial charge in [0.2, 0.25) is 17.7 Å². The Morgan fingerprint density at radius 1 is 1.08 bits per heavy atom. The van der Waals surface area contributed by atoms with E-state index in [1.54, 1.807) is 26.0 Å². The molecule has 1 aliphatic rings. The molecule has 3 amide bonds. The number of aromatic hydroxyl groups is 1. The van der Waals surface area contributed by atoms with E-state index in [0.29, 0.717) is 37.8 Å². The van der Waals surface area contributed by atoms with E-state index in [2.05, 4.69) is 10.6 Å². The Hall–Kier alpha value is -3.18. The molecule has 0 saturated carbocycles. The lowest BCUT2D eigenvalue weighted by molar-refractivity contribution is -0.149. The molecular formula is C25H39N5O6. The second kappa shape index (κ2) is 13.8. The molecule has 0 radical (unpaired) electrons. The van der Waals surface area contributed by atoms with Crippen LogP contribution in [0.4, 0.5) is 0 Å². The van der Waals surface area contributed by atoms with Gasteiger partial charge in [0.05, 0.1) is 6.04 Å². The number of aliphatic carboxylic acids is 1. The van der Waals surface area contributed by atoms with Gasteiger partial charge in [-0.05, 0) is 55.8 Å². The SMILES string of the molecule is CC(C)C(NC(=O)C(N)CCCCN)C(=O)NC(Cc1ccc(O)cc1)C(=O)N1CCCC1C(=O)O. The molecule has 0 spiro atoms. The lowest BCUT2D eigenvalue weighted by atomic mass is 9.99. The largest absolute Gasteiger partial charge is 0.508 e. The third kappa shape index (κ3) is 8.20. The fraction of sp³-hybridized carbons (Fsp3) is 0.600. The number of likely N-dealkylation sites (tertiary alicyclic amines) is 1. The van der Waals surface area contributed by atoms with Gasteiger partial charge in [-0.15, -0.1) is 0 Å². The fourth-order valence-corrected chi connectivity index (χ4v) is 4.25. The molecule has 200 valence electrons. The number of phenols is 1. The molecule has 1 saturated heterocycles. The Kier molecular flexibility index (Phi) is 11.1. The van der Waals surface area contributed by atoms with Gasteiger partial charge in [0.1, 0.15) is 23.9 Å². The maximum Gasteiger partial charge on any atom is 0.326 e. The Bertz CT molecular complexity index is 907. The Morgan fingerprint density at radius 3 is 2.33 bits per heavy atom. The third-order valence-electron chi connectivity index (χ3n) is 6.36. The van der Waals surface area contributed by atoms with Crippen LogP contribution in [0.3, 0.4) is 0 Å². The van der Waals surface area contributed by atoms with Crippen LogP contribution < -0.4 is 22.1 Å². The molecule has 36 heavy (non-hydrogen) atoms. The van der Waals surface area contributed by atoms with E-state index in [4.69, 9.17) is 11.5 Å². The summed E-state index contributed by atoms with van der Waals surface area (Å²) in [5, 5.41) is 24.5. The van der Waals surface area contributed by atoms with Crippen molar-refractivity contribution in [3.8, 4) is 5.75 Å². The molecule has 1 fully saturated rings. The van der Waals surface area contributed by atoms with Crippen molar-refractivity contribution in [3.63, 3.8) is 0 Å². The van der Waals surface area contributed by atoms with E-state index >= 15 is 0 Å². The predicted molar refractivity (Wildman–Crippen MR) is 134 cm³/mol. The van der Waals surface area contributed by atoms with Gasteiger partial charge in [-0.1, -0.05) is 32.4 Å². The molecule has 11 nitrogen and oxygen atoms in total. The van der Waals surface area contributed by atoms with E-state index in [1.807, 2.05) is 0 Å². The molecule has 2 rings (SSSR count). The first-order valence-corrected chi connectivity index (χ1v) is 12.4. The molecule has 1 aromatic rings. The number of unbranched alkanes of at least 4 members (excludes halogenated alkanes) is 1. The number of carboxylic acids is 1. The summed E-state index contributed by atoms with van der Waals surface area (Å²) < 4.78 is 0. The zero-order valence-corrected chi connectivity index (χ0v) is 21.0. The van der Waals surface area contributed by atoms with Crippen LogP contribution in [0.25, 0.3) is 0 Å². The minimum atomic E-state index is -1.09. The number of carboxylic acid groups (broad SMARTS) is 1. The molecule has 1 aliphatic heterocycles. The number of rotatable bonds is 13. The van der Waals surface area contributed by atoms with Crippen molar-refractivity contribution in [1.29, 1.82) is 0 Å². The molecule has 4 unspecified atom stereocenters. The van der Waals surface area contributed by atoms with Gasteiger partial charge in [-0.25, -0.2) is 4.79 Å². The molecule has 4 atom stereocenters. The van der Waals surface area contributed by atoms with E-state index in [1.165, 1.54) is 17.0 Å². The van der Waals surface area contributed by atoms with Gasteiger partial charge in [-0.3, -0.25) is 14.4 Å². The van der Waals surface area contributed by atoms with E-state index < -0.39 is 47.9 Å². The highest BCUT2D eigenvalue weighted by Gasteiger charge is 2.38. The number of nitrogens with zero attached hydrogens (tertiary/aromatic N) is 1. The summed E-state index contributed by atoms with van der Waals surface area (Å²) in [7, 11) is 0. The molecule has 11 heteroatoms. The van der Waals surface area contributed by atoms with Crippen molar-refractivity contribution in [2.45, 2.75) is 76.5 Å². The molecule has 0 aliphatic carbocycles. The zero-order valence-electron chi connectivity index (χ0n) is 21.0.